The van der Waals surface area contributed by atoms with Crippen molar-refractivity contribution in [1.82, 2.24) is 4.90 Å². The van der Waals surface area contributed by atoms with Crippen LogP contribution in [0.4, 0.5) is 16.2 Å². The summed E-state index contributed by atoms with van der Waals surface area (Å²) >= 11 is 5.89. The van der Waals surface area contributed by atoms with Crippen LogP contribution >= 0.6 is 11.6 Å². The van der Waals surface area contributed by atoms with E-state index in [-0.39, 0.29) is 54.0 Å². The highest BCUT2D eigenvalue weighted by Gasteiger charge is 2.47. The molecule has 150 valence electrons. The van der Waals surface area contributed by atoms with Gasteiger partial charge in [-0.3, -0.25) is 14.9 Å². The minimum absolute atomic E-state index is 0.0940. The van der Waals surface area contributed by atoms with Crippen LogP contribution in [0.3, 0.4) is 0 Å². The molecule has 4 rings (SSSR count). The molecule has 2 atom stereocenters. The quantitative estimate of drug-likeness (QED) is 0.559. The summed E-state index contributed by atoms with van der Waals surface area (Å²) in [5, 5.41) is 11.7. The molecule has 2 aromatic rings. The Morgan fingerprint density at radius 3 is 2.69 bits per heavy atom. The van der Waals surface area contributed by atoms with E-state index in [9.17, 15) is 19.7 Å². The molecule has 2 saturated heterocycles. The topological polar surface area (TPSA) is 93.0 Å². The highest BCUT2D eigenvalue weighted by atomic mass is 35.5. The van der Waals surface area contributed by atoms with Crippen LogP contribution in [-0.4, -0.2) is 40.5 Å². The molecule has 0 aromatic heterocycles. The number of benzene rings is 2. The molecule has 0 N–H and O–H groups in total. The second-order valence-electron chi connectivity index (χ2n) is 7.09. The predicted octanol–water partition coefficient (Wildman–Crippen LogP) is 3.76. The number of nitrogens with zero attached hydrogens (tertiary/aromatic N) is 3. The molecule has 2 amide bonds. The second-order valence-corrected chi connectivity index (χ2v) is 7.53. The zero-order valence-electron chi connectivity index (χ0n) is 15.4. The summed E-state index contributed by atoms with van der Waals surface area (Å²) in [6.45, 7) is 0.414. The van der Waals surface area contributed by atoms with Crippen molar-refractivity contribution in [3.8, 4) is 0 Å². The van der Waals surface area contributed by atoms with Crippen LogP contribution in [0.5, 0.6) is 0 Å². The Morgan fingerprint density at radius 1 is 1.21 bits per heavy atom. The monoisotopic (exact) mass is 415 g/mol. The van der Waals surface area contributed by atoms with Crippen LogP contribution in [0, 0.1) is 10.1 Å². The van der Waals surface area contributed by atoms with Gasteiger partial charge in [-0.15, -0.1) is 0 Å². The lowest BCUT2D eigenvalue weighted by Crippen LogP contribution is -2.45. The minimum Gasteiger partial charge on any atom is -0.445 e. The van der Waals surface area contributed by atoms with E-state index in [0.717, 1.165) is 5.56 Å². The number of carbonyl (C=O) groups is 2. The number of amides is 2. The van der Waals surface area contributed by atoms with Crippen molar-refractivity contribution in [2.75, 3.05) is 11.4 Å². The number of carbonyl (C=O) groups excluding carboxylic acids is 2. The van der Waals surface area contributed by atoms with Gasteiger partial charge >= 0.3 is 6.09 Å². The van der Waals surface area contributed by atoms with Crippen LogP contribution in [0.25, 0.3) is 0 Å². The molecule has 2 heterocycles. The van der Waals surface area contributed by atoms with Crippen LogP contribution in [-0.2, 0) is 16.1 Å². The van der Waals surface area contributed by atoms with Crippen molar-refractivity contribution in [1.29, 1.82) is 0 Å². The average Bonchev–Trinajstić information content (AvgIpc) is 3.05. The third-order valence-electron chi connectivity index (χ3n) is 5.27. The average molecular weight is 416 g/mol. The normalized spacial score (nSPS) is 20.7. The SMILES string of the molecule is O=C(OCc1ccccc1)N1CC2CC1CC(=O)N2c1ccc(Cl)cc1[N+](=O)[O-]. The molecular formula is C20H18ClN3O5. The fourth-order valence-electron chi connectivity index (χ4n) is 3.98. The maximum atomic E-state index is 12.8. The Morgan fingerprint density at radius 2 is 1.97 bits per heavy atom. The highest BCUT2D eigenvalue weighted by molar-refractivity contribution is 6.31. The number of rotatable bonds is 4. The number of hydrogen-bond acceptors (Lipinski definition) is 5. The first-order valence-electron chi connectivity index (χ1n) is 9.17. The first-order valence-corrected chi connectivity index (χ1v) is 9.55. The lowest BCUT2D eigenvalue weighted by atomic mass is 10.0. The van der Waals surface area contributed by atoms with Crippen LogP contribution in [0.1, 0.15) is 18.4 Å². The number of nitro benzene ring substituents is 1. The van der Waals surface area contributed by atoms with Crippen molar-refractivity contribution >= 4 is 35.0 Å². The van der Waals surface area contributed by atoms with E-state index in [1.165, 1.54) is 23.1 Å². The first kappa shape index (κ1) is 19.2. The first-order chi connectivity index (χ1) is 13.9. The summed E-state index contributed by atoms with van der Waals surface area (Å²) in [5.74, 6) is -0.255. The molecule has 2 aliphatic heterocycles. The molecular weight excluding hydrogens is 398 g/mol. The molecule has 2 unspecified atom stereocenters. The molecule has 2 aromatic carbocycles. The molecule has 0 spiro atoms. The van der Waals surface area contributed by atoms with Gasteiger partial charge in [0, 0.05) is 30.1 Å². The van der Waals surface area contributed by atoms with E-state index in [4.69, 9.17) is 16.3 Å². The molecule has 2 bridgehead atoms. The third-order valence-corrected chi connectivity index (χ3v) is 5.50. The number of nitro groups is 1. The Kier molecular flexibility index (Phi) is 5.10. The number of halogens is 1. The maximum absolute atomic E-state index is 12.8. The minimum atomic E-state index is -0.554. The van der Waals surface area contributed by atoms with Gasteiger partial charge < -0.3 is 14.5 Å². The van der Waals surface area contributed by atoms with Crippen molar-refractivity contribution in [2.24, 2.45) is 0 Å². The Balaban J connectivity index is 1.51. The van der Waals surface area contributed by atoms with Crippen molar-refractivity contribution in [3.05, 3.63) is 69.2 Å². The lowest BCUT2D eigenvalue weighted by molar-refractivity contribution is -0.384. The summed E-state index contributed by atoms with van der Waals surface area (Å²) in [5.41, 5.74) is 0.847. The number of fused-ring (bicyclic) bond motifs is 2. The lowest BCUT2D eigenvalue weighted by Gasteiger charge is -2.31. The Hall–Kier alpha value is -3.13. The second kappa shape index (κ2) is 7.71. The van der Waals surface area contributed by atoms with Crippen molar-refractivity contribution < 1.29 is 19.2 Å². The number of hydrogen-bond donors (Lipinski definition) is 0. The third kappa shape index (κ3) is 3.75. The smallest absolute Gasteiger partial charge is 0.410 e. The van der Waals surface area contributed by atoms with Crippen molar-refractivity contribution in [3.63, 3.8) is 0 Å². The Bertz CT molecular complexity index is 968. The number of likely N-dealkylation sites (tertiary alicyclic amines) is 1. The van der Waals surface area contributed by atoms with E-state index < -0.39 is 11.0 Å². The van der Waals surface area contributed by atoms with Gasteiger partial charge in [-0.05, 0) is 24.1 Å². The molecule has 29 heavy (non-hydrogen) atoms. The summed E-state index contributed by atoms with van der Waals surface area (Å²) in [4.78, 5) is 39.2. The van der Waals surface area contributed by atoms with Gasteiger partial charge in [-0.2, -0.15) is 0 Å². The fraction of sp³-hybridized carbons (Fsp3) is 0.300. The molecule has 0 aliphatic carbocycles. The van der Waals surface area contributed by atoms with Gasteiger partial charge in [0.2, 0.25) is 5.91 Å². The molecule has 0 radical (unpaired) electrons. The summed E-state index contributed by atoms with van der Waals surface area (Å²) in [6, 6.07) is 13.0. The summed E-state index contributed by atoms with van der Waals surface area (Å²) < 4.78 is 5.41. The standard InChI is InChI=1S/C20H18ClN3O5/c21-14-6-7-17(18(8-14)24(27)28)23-16-9-15(10-19(23)25)22(11-16)20(26)29-12-13-4-2-1-3-5-13/h1-8,15-16H,9-12H2. The summed E-state index contributed by atoms with van der Waals surface area (Å²) in [6.07, 6.45) is 0.157. The van der Waals surface area contributed by atoms with Gasteiger partial charge in [0.05, 0.1) is 11.0 Å². The highest BCUT2D eigenvalue weighted by Crippen LogP contribution is 2.39. The van der Waals surface area contributed by atoms with Crippen LogP contribution in [0.2, 0.25) is 5.02 Å². The fourth-order valence-corrected chi connectivity index (χ4v) is 4.15. The Labute approximate surface area is 171 Å². The predicted molar refractivity (Wildman–Crippen MR) is 106 cm³/mol. The van der Waals surface area contributed by atoms with Crippen molar-refractivity contribution in [2.45, 2.75) is 31.5 Å². The van der Waals surface area contributed by atoms with E-state index in [1.807, 2.05) is 30.3 Å². The zero-order chi connectivity index (χ0) is 20.5. The molecule has 2 aliphatic rings. The molecule has 9 heteroatoms. The molecule has 0 saturated carbocycles. The van der Waals surface area contributed by atoms with Crippen LogP contribution in [0.15, 0.2) is 48.5 Å². The van der Waals surface area contributed by atoms with Gasteiger partial charge in [0.25, 0.3) is 5.69 Å². The number of anilines is 1. The van der Waals surface area contributed by atoms with Gasteiger partial charge in [-0.25, -0.2) is 4.79 Å². The molecule has 8 nitrogen and oxygen atoms in total. The van der Waals surface area contributed by atoms with E-state index >= 15 is 0 Å². The van der Waals surface area contributed by atoms with Crippen LogP contribution < -0.4 is 4.90 Å². The summed E-state index contributed by atoms with van der Waals surface area (Å²) in [7, 11) is 0. The van der Waals surface area contributed by atoms with E-state index in [1.54, 1.807) is 4.90 Å². The van der Waals surface area contributed by atoms with Gasteiger partial charge in [0.1, 0.15) is 12.3 Å². The maximum Gasteiger partial charge on any atom is 0.410 e. The van der Waals surface area contributed by atoms with E-state index in [0.29, 0.717) is 6.42 Å². The number of piperidine rings is 1. The number of ether oxygens (including phenoxy) is 1. The van der Waals surface area contributed by atoms with E-state index in [2.05, 4.69) is 0 Å². The largest absolute Gasteiger partial charge is 0.445 e. The molecule has 2 fully saturated rings. The zero-order valence-corrected chi connectivity index (χ0v) is 16.1. The van der Waals surface area contributed by atoms with Gasteiger partial charge in [-0.1, -0.05) is 41.9 Å². The van der Waals surface area contributed by atoms with Gasteiger partial charge in [0.15, 0.2) is 0 Å².